The van der Waals surface area contributed by atoms with Gasteiger partial charge >= 0.3 is 25.8 Å². The Labute approximate surface area is 403 Å². The lowest BCUT2D eigenvalue weighted by molar-refractivity contribution is -0.198. The van der Waals surface area contributed by atoms with E-state index in [0.29, 0.717) is 40.8 Å². The number of ether oxygens (including phenoxy) is 2. The second-order valence-electron chi connectivity index (χ2n) is 18.7. The van der Waals surface area contributed by atoms with E-state index in [2.05, 4.69) is 48.5 Å². The van der Waals surface area contributed by atoms with Gasteiger partial charge in [-0.25, -0.2) is 14.2 Å². The lowest BCUT2D eigenvalue weighted by atomic mass is 9.92. The number of urea groups is 1. The zero-order chi connectivity index (χ0) is 50.0. The van der Waals surface area contributed by atoms with Gasteiger partial charge in [0, 0.05) is 24.7 Å². The van der Waals surface area contributed by atoms with Crippen molar-refractivity contribution in [3.05, 3.63) is 125 Å². The summed E-state index contributed by atoms with van der Waals surface area (Å²) in [6.07, 6.45) is -2.12. The molecule has 15 heteroatoms. The van der Waals surface area contributed by atoms with Gasteiger partial charge in [-0.2, -0.15) is 0 Å². The lowest BCUT2D eigenvalue weighted by Crippen LogP contribution is -2.50. The average molecular weight is 957 g/mol. The van der Waals surface area contributed by atoms with Crippen LogP contribution in [0.3, 0.4) is 0 Å². The summed E-state index contributed by atoms with van der Waals surface area (Å²) < 4.78 is 42.7. The minimum absolute atomic E-state index is 0.0364. The highest BCUT2D eigenvalue weighted by Gasteiger charge is 2.36. The summed E-state index contributed by atoms with van der Waals surface area (Å²) in [6.45, 7) is 22.2. The van der Waals surface area contributed by atoms with Crippen molar-refractivity contribution in [1.29, 1.82) is 0 Å². The van der Waals surface area contributed by atoms with Crippen molar-refractivity contribution >= 4 is 48.8 Å². The molecule has 14 nitrogen and oxygen atoms in total. The van der Waals surface area contributed by atoms with E-state index in [1.165, 1.54) is 6.92 Å². The first kappa shape index (κ1) is 55.1. The molecule has 4 aromatic rings. The smallest absolute Gasteiger partial charge is 0.425 e. The highest BCUT2D eigenvalue weighted by atomic mass is 31.2. The van der Waals surface area contributed by atoms with E-state index in [1.807, 2.05) is 92.7 Å². The standard InChI is InChI=1S/C53H73N4O10P/c1-12-43(44-25-28-47(57(31-35(2)3)32-36(4)5)46(29-44)55-53(61)54-45-26-23-39(10)24-27-45)30-48(58)65-52(38(8)9)66-51(60)49(37(6)7)56-50(59)40(11)67-68(62,63-33-41-19-15-13-16-20-41)64-34-42-21-17-14-18-22-42/h13-29,35-38,40,43,49,52H,12,30-34H2,1-11H3,(H,56,59)(H2,54,55,61)/t40-,43-,49-,52?/m0/s1. The van der Waals surface area contributed by atoms with Crippen molar-refractivity contribution in [3.63, 3.8) is 0 Å². The fraction of sp³-hybridized carbons (Fsp3) is 0.472. The van der Waals surface area contributed by atoms with Gasteiger partial charge in [-0.15, -0.1) is 0 Å². The number of esters is 2. The van der Waals surface area contributed by atoms with Gasteiger partial charge in [0.25, 0.3) is 0 Å². The SMILES string of the molecule is CC[C@@H](CC(=O)OC(OC(=O)[C@@H](NC(=O)[C@H](C)OP(=O)(OCc1ccccc1)OCc1ccccc1)C(C)C)C(C)C)c1ccc(N(CC(C)C)CC(C)C)c(NC(=O)Nc2ccc(C)cc2)c1. The third-order valence-electron chi connectivity index (χ3n) is 10.8. The normalized spacial score (nSPS) is 13.5. The van der Waals surface area contributed by atoms with Gasteiger partial charge in [-0.3, -0.25) is 23.2 Å². The maximum atomic E-state index is 14.0. The summed E-state index contributed by atoms with van der Waals surface area (Å²) in [5.41, 5.74) is 5.47. The molecule has 0 radical (unpaired) electrons. The predicted octanol–water partition coefficient (Wildman–Crippen LogP) is 11.8. The zero-order valence-corrected chi connectivity index (χ0v) is 42.5. The molecule has 0 bridgehead atoms. The van der Waals surface area contributed by atoms with E-state index in [9.17, 15) is 23.7 Å². The molecule has 0 aromatic heterocycles. The number of rotatable bonds is 26. The third-order valence-corrected chi connectivity index (χ3v) is 12.3. The number of benzene rings is 4. The Hall–Kier alpha value is -5.53. The Morgan fingerprint density at radius 1 is 0.676 bits per heavy atom. The molecule has 4 rings (SSSR count). The van der Waals surface area contributed by atoms with Crippen molar-refractivity contribution in [2.24, 2.45) is 23.7 Å². The first-order valence-electron chi connectivity index (χ1n) is 23.6. The molecule has 4 aromatic carbocycles. The molecule has 0 saturated heterocycles. The van der Waals surface area contributed by atoms with Crippen molar-refractivity contribution in [2.75, 3.05) is 28.6 Å². The van der Waals surface area contributed by atoms with Crippen LogP contribution in [0, 0.1) is 30.6 Å². The number of carbonyl (C=O) groups excluding carboxylic acids is 4. The molecular formula is C53H73N4O10P. The average Bonchev–Trinajstić information content (AvgIpc) is 3.29. The van der Waals surface area contributed by atoms with Crippen molar-refractivity contribution in [3.8, 4) is 0 Å². The Balaban J connectivity index is 1.46. The van der Waals surface area contributed by atoms with Crippen LogP contribution in [0.25, 0.3) is 0 Å². The van der Waals surface area contributed by atoms with Gasteiger partial charge in [0.2, 0.25) is 12.2 Å². The van der Waals surface area contributed by atoms with Gasteiger partial charge in [0.1, 0.15) is 12.1 Å². The predicted molar refractivity (Wildman–Crippen MR) is 268 cm³/mol. The highest BCUT2D eigenvalue weighted by molar-refractivity contribution is 7.48. The minimum atomic E-state index is -4.34. The number of phosphoric ester groups is 1. The van der Waals surface area contributed by atoms with Crippen LogP contribution in [-0.4, -0.2) is 55.4 Å². The molecule has 4 atom stereocenters. The molecule has 0 aliphatic rings. The first-order valence-corrected chi connectivity index (χ1v) is 25.1. The maximum Gasteiger partial charge on any atom is 0.476 e. The molecule has 0 aliphatic heterocycles. The summed E-state index contributed by atoms with van der Waals surface area (Å²) in [6, 6.07) is 30.0. The molecule has 0 heterocycles. The zero-order valence-electron chi connectivity index (χ0n) is 41.7. The Kier molecular flexibility index (Phi) is 21.8. The van der Waals surface area contributed by atoms with E-state index in [4.69, 9.17) is 23.0 Å². The number of phosphoric acid groups is 1. The van der Waals surface area contributed by atoms with Crippen LogP contribution in [0.1, 0.15) is 110 Å². The van der Waals surface area contributed by atoms with Crippen LogP contribution in [0.4, 0.5) is 21.9 Å². The Morgan fingerprint density at radius 3 is 1.74 bits per heavy atom. The number of nitrogens with one attached hydrogen (secondary N) is 3. The highest BCUT2D eigenvalue weighted by Crippen LogP contribution is 2.52. The lowest BCUT2D eigenvalue weighted by Gasteiger charge is -2.31. The van der Waals surface area contributed by atoms with Crippen LogP contribution in [0.5, 0.6) is 0 Å². The second kappa shape index (κ2) is 26.9. The number of carbonyl (C=O) groups is 4. The summed E-state index contributed by atoms with van der Waals surface area (Å²) in [5, 5.41) is 8.68. The summed E-state index contributed by atoms with van der Waals surface area (Å²) in [5.74, 6) is -2.69. The Morgan fingerprint density at radius 2 is 1.24 bits per heavy atom. The number of amides is 3. The molecular weight excluding hydrogens is 884 g/mol. The molecule has 1 unspecified atom stereocenters. The van der Waals surface area contributed by atoms with Gasteiger partial charge in [-0.1, -0.05) is 147 Å². The molecule has 3 N–H and O–H groups in total. The number of aryl methyl sites for hydroxylation is 1. The monoisotopic (exact) mass is 957 g/mol. The summed E-state index contributed by atoms with van der Waals surface area (Å²) >= 11 is 0. The molecule has 0 saturated carbocycles. The van der Waals surface area contributed by atoms with Crippen molar-refractivity contribution in [1.82, 2.24) is 5.32 Å². The number of hydrogen-bond acceptors (Lipinski definition) is 11. The second-order valence-corrected chi connectivity index (χ2v) is 20.3. The van der Waals surface area contributed by atoms with Crippen LogP contribution in [0.2, 0.25) is 0 Å². The Bertz CT molecular complexity index is 2200. The number of hydrogen-bond donors (Lipinski definition) is 3. The number of nitrogens with zero attached hydrogens (tertiary/aromatic N) is 1. The van der Waals surface area contributed by atoms with Crippen LogP contribution >= 0.6 is 7.82 Å². The first-order chi connectivity index (χ1) is 32.2. The van der Waals surface area contributed by atoms with Gasteiger partial charge in [0.05, 0.1) is 31.0 Å². The van der Waals surface area contributed by atoms with E-state index < -0.39 is 62.0 Å². The van der Waals surface area contributed by atoms with E-state index in [0.717, 1.165) is 29.9 Å². The van der Waals surface area contributed by atoms with Crippen molar-refractivity contribution in [2.45, 2.75) is 127 Å². The molecule has 0 aliphatic carbocycles. The van der Waals surface area contributed by atoms with Gasteiger partial charge in [0.15, 0.2) is 0 Å². The van der Waals surface area contributed by atoms with E-state index >= 15 is 0 Å². The maximum absolute atomic E-state index is 14.0. The van der Waals surface area contributed by atoms with Gasteiger partial charge < -0.3 is 30.3 Å². The van der Waals surface area contributed by atoms with E-state index in [-0.39, 0.29) is 25.6 Å². The molecule has 370 valence electrons. The van der Waals surface area contributed by atoms with Crippen LogP contribution in [-0.2, 0) is 55.2 Å². The fourth-order valence-electron chi connectivity index (χ4n) is 7.18. The molecule has 3 amide bonds. The molecule has 68 heavy (non-hydrogen) atoms. The fourth-order valence-corrected chi connectivity index (χ4v) is 8.48. The molecule has 0 fully saturated rings. The summed E-state index contributed by atoms with van der Waals surface area (Å²) in [7, 11) is -4.34. The third kappa shape index (κ3) is 18.2. The minimum Gasteiger partial charge on any atom is -0.425 e. The van der Waals surface area contributed by atoms with Gasteiger partial charge in [-0.05, 0) is 84.9 Å². The van der Waals surface area contributed by atoms with Crippen molar-refractivity contribution < 1.29 is 46.8 Å². The summed E-state index contributed by atoms with van der Waals surface area (Å²) in [4.78, 5) is 56.9. The largest absolute Gasteiger partial charge is 0.476 e. The quantitative estimate of drug-likeness (QED) is 0.0311. The van der Waals surface area contributed by atoms with E-state index in [1.54, 1.807) is 52.0 Å². The van der Waals surface area contributed by atoms with Crippen LogP contribution in [0.15, 0.2) is 103 Å². The topological polar surface area (TPSA) is 171 Å². The molecule has 0 spiro atoms. The number of anilines is 3. The van der Waals surface area contributed by atoms with Crippen LogP contribution < -0.4 is 20.9 Å².